The molecule has 0 radical (unpaired) electrons. The van der Waals surface area contributed by atoms with Gasteiger partial charge in [-0.05, 0) is 224 Å². The Labute approximate surface area is 505 Å². The Balaban J connectivity index is 0.000000192. The quantitative estimate of drug-likeness (QED) is 0.0334. The predicted octanol–water partition coefficient (Wildman–Crippen LogP) is 17.7. The van der Waals surface area contributed by atoms with E-state index in [9.17, 15) is 20.1 Å². The van der Waals surface area contributed by atoms with E-state index in [0.717, 1.165) is 101 Å². The number of aromatic hydroxyl groups is 4. The first-order valence-electron chi connectivity index (χ1n) is 27.8. The average Bonchev–Trinajstić information content (AvgIpc) is 2.21. The minimum atomic E-state index is 0.0347. The molecule has 11 nitrogen and oxygen atoms in total. The van der Waals surface area contributed by atoms with E-state index >= 15 is 0 Å². The molecule has 0 heterocycles. The molecular formula is C76H60N6O5. The minimum Gasteiger partial charge on any atom is -0.507 e. The van der Waals surface area contributed by atoms with Gasteiger partial charge in [-0.15, -0.1) is 0 Å². The number of carbonyl (C=O) groups excluding carboxylic acids is 1. The molecule has 12 aromatic carbocycles. The van der Waals surface area contributed by atoms with Gasteiger partial charge in [0.05, 0.1) is 22.6 Å². The lowest BCUT2D eigenvalue weighted by Gasteiger charge is -2.12. The van der Waals surface area contributed by atoms with Gasteiger partial charge in [-0.3, -0.25) is 19.8 Å². The fourth-order valence-electron chi connectivity index (χ4n) is 9.31. The van der Waals surface area contributed by atoms with Crippen LogP contribution < -0.4 is 17.2 Å². The maximum absolute atomic E-state index is 10.1. The molecule has 10 N–H and O–H groups in total. The van der Waals surface area contributed by atoms with Crippen molar-refractivity contribution in [3.05, 3.63) is 301 Å². The molecule has 11 heteroatoms. The summed E-state index contributed by atoms with van der Waals surface area (Å²) in [4.78, 5) is 23.8. The Morgan fingerprint density at radius 1 is 0.241 bits per heavy atom. The van der Waals surface area contributed by atoms with Gasteiger partial charge in [-0.2, -0.15) is 0 Å². The van der Waals surface area contributed by atoms with Crippen molar-refractivity contribution >= 4 is 59.1 Å². The van der Waals surface area contributed by atoms with Crippen LogP contribution in [0.5, 0.6) is 23.0 Å². The van der Waals surface area contributed by atoms with E-state index in [1.807, 2.05) is 182 Å². The second-order valence-electron chi connectivity index (χ2n) is 20.2. The van der Waals surface area contributed by atoms with E-state index in [-0.39, 0.29) is 23.0 Å². The first-order chi connectivity index (χ1) is 42.4. The lowest BCUT2D eigenvalue weighted by molar-refractivity contribution is 0.112. The van der Waals surface area contributed by atoms with Gasteiger partial charge in [0.2, 0.25) is 0 Å². The lowest BCUT2D eigenvalue weighted by atomic mass is 9.93. The van der Waals surface area contributed by atoms with E-state index in [2.05, 4.69) is 51.4 Å². The van der Waals surface area contributed by atoms with Gasteiger partial charge in [0.1, 0.15) is 23.0 Å². The highest BCUT2D eigenvalue weighted by Crippen LogP contribution is 2.37. The van der Waals surface area contributed by atoms with Crippen molar-refractivity contribution < 1.29 is 25.2 Å². The normalized spacial score (nSPS) is 11.0. The Morgan fingerprint density at radius 3 is 0.632 bits per heavy atom. The third kappa shape index (κ3) is 15.5. The van der Waals surface area contributed by atoms with Crippen LogP contribution in [0.4, 0.5) is 34.1 Å². The largest absolute Gasteiger partial charge is 0.507 e. The fraction of sp³-hybridized carbons (Fsp3) is 0. The topological polar surface area (TPSA) is 213 Å². The molecule has 0 saturated carbocycles. The van der Waals surface area contributed by atoms with Crippen molar-refractivity contribution in [2.45, 2.75) is 0 Å². The summed E-state index contributed by atoms with van der Waals surface area (Å²) in [6.07, 6.45) is 5.61. The number of nitrogens with two attached hydrogens (primary N) is 3. The number of phenolic OH excluding ortho intramolecular Hbond substituents is 4. The highest BCUT2D eigenvalue weighted by Gasteiger charge is 2.11. The molecule has 12 rings (SSSR count). The standard InChI is InChI=1S/C45H33N3O3.C24H21N3.C7H6O2/c49-43-10-4-1-7-34(43)28-46-40-19-13-31(14-20-40)37-25-38(32-15-21-41(22-16-32)47-29-35-8-2-5-11-44(35)50)27-39(26-37)33-17-23-42(24-18-33)48-30-36-9-3-6-12-45(36)51;25-22-7-1-16(2-8-22)19-13-20(17-3-9-23(26)10-4-17)15-21(14-19)18-5-11-24(27)12-6-18;8-5-6-3-1-2-4-7(6)9/h1-30,49-51H;1-15H,25-27H2;1-5,9H. The molecule has 0 aliphatic rings. The number of aliphatic imine (C=N–C) groups is 3. The summed E-state index contributed by atoms with van der Waals surface area (Å²) in [5, 5.41) is 39.2. The first kappa shape index (κ1) is 58.1. The summed E-state index contributed by atoms with van der Waals surface area (Å²) >= 11 is 0. The second-order valence-corrected chi connectivity index (χ2v) is 20.2. The fourth-order valence-corrected chi connectivity index (χ4v) is 9.31. The molecule has 0 spiro atoms. The van der Waals surface area contributed by atoms with Gasteiger partial charge in [-0.1, -0.05) is 121 Å². The van der Waals surface area contributed by atoms with Crippen LogP contribution in [0.2, 0.25) is 0 Å². The van der Waals surface area contributed by atoms with Crippen LogP contribution in [0.3, 0.4) is 0 Å². The number of phenols is 4. The van der Waals surface area contributed by atoms with Gasteiger partial charge in [0, 0.05) is 52.4 Å². The van der Waals surface area contributed by atoms with Crippen LogP contribution in [-0.2, 0) is 0 Å². The smallest absolute Gasteiger partial charge is 0.153 e. The van der Waals surface area contributed by atoms with Crippen molar-refractivity contribution in [1.82, 2.24) is 0 Å². The highest BCUT2D eigenvalue weighted by atomic mass is 16.3. The molecule has 0 bridgehead atoms. The number of aldehydes is 1. The third-order valence-electron chi connectivity index (χ3n) is 14.1. The third-order valence-corrected chi connectivity index (χ3v) is 14.1. The van der Waals surface area contributed by atoms with Crippen LogP contribution in [0.25, 0.3) is 66.8 Å². The molecule has 0 aliphatic carbocycles. The number of hydrogen-bond acceptors (Lipinski definition) is 11. The monoisotopic (exact) mass is 1140 g/mol. The van der Waals surface area contributed by atoms with Gasteiger partial charge < -0.3 is 37.6 Å². The van der Waals surface area contributed by atoms with Crippen molar-refractivity contribution in [3.8, 4) is 89.8 Å². The molecule has 0 fully saturated rings. The predicted molar refractivity (Wildman–Crippen MR) is 358 cm³/mol. The number of rotatable bonds is 13. The van der Waals surface area contributed by atoms with Crippen molar-refractivity contribution in [3.63, 3.8) is 0 Å². The van der Waals surface area contributed by atoms with Crippen LogP contribution in [0.1, 0.15) is 27.0 Å². The molecule has 0 aromatic heterocycles. The summed E-state index contributed by atoms with van der Waals surface area (Å²) in [7, 11) is 0. The van der Waals surface area contributed by atoms with Gasteiger partial charge in [0.25, 0.3) is 0 Å². The van der Waals surface area contributed by atoms with Gasteiger partial charge >= 0.3 is 0 Å². The SMILES string of the molecule is Nc1ccc(-c2cc(-c3ccc(N)cc3)cc(-c3ccc(N)cc3)c2)cc1.O=Cc1ccccc1O.Oc1ccccc1C=Nc1ccc(-c2cc(-c3ccc(N=Cc4ccccc4O)cc3)cc(-c3ccc(N=Cc4ccccc4O)cc3)c2)cc1. The molecule has 0 aliphatic heterocycles. The van der Waals surface area contributed by atoms with Crippen LogP contribution in [0, 0.1) is 0 Å². The van der Waals surface area contributed by atoms with E-state index in [0.29, 0.717) is 28.5 Å². The Bertz CT molecular complexity index is 3960. The summed E-state index contributed by atoms with van der Waals surface area (Å²) in [6.45, 7) is 0. The summed E-state index contributed by atoms with van der Waals surface area (Å²) < 4.78 is 0. The Kier molecular flexibility index (Phi) is 18.6. The molecular weight excluding hydrogens is 1080 g/mol. The van der Waals surface area contributed by atoms with Crippen molar-refractivity contribution in [2.24, 2.45) is 15.0 Å². The number of carbonyl (C=O) groups is 1. The molecule has 424 valence electrons. The number of nitrogens with zero attached hydrogens (tertiary/aromatic N) is 3. The second kappa shape index (κ2) is 27.8. The van der Waals surface area contributed by atoms with E-state index < -0.39 is 0 Å². The molecule has 12 aromatic rings. The number of anilines is 3. The average molecular weight is 1140 g/mol. The Hall–Kier alpha value is -12.1. The van der Waals surface area contributed by atoms with Gasteiger partial charge in [-0.25, -0.2) is 0 Å². The Morgan fingerprint density at radius 2 is 0.437 bits per heavy atom. The zero-order valence-electron chi connectivity index (χ0n) is 47.1. The van der Waals surface area contributed by atoms with E-state index in [1.54, 1.807) is 73.2 Å². The van der Waals surface area contributed by atoms with Crippen LogP contribution >= 0.6 is 0 Å². The molecule has 0 amide bonds. The van der Waals surface area contributed by atoms with Gasteiger partial charge in [0.15, 0.2) is 6.29 Å². The summed E-state index contributed by atoms with van der Waals surface area (Å²) in [6, 6.07) is 88.7. The van der Waals surface area contributed by atoms with E-state index in [1.165, 1.54) is 6.07 Å². The maximum atomic E-state index is 10.1. The molecule has 0 unspecified atom stereocenters. The van der Waals surface area contributed by atoms with E-state index in [4.69, 9.17) is 22.3 Å². The zero-order valence-corrected chi connectivity index (χ0v) is 47.1. The number of nitrogen functional groups attached to an aromatic ring is 3. The summed E-state index contributed by atoms with van der Waals surface area (Å²) in [5.41, 5.74) is 37.5. The summed E-state index contributed by atoms with van der Waals surface area (Å²) in [5.74, 6) is 0.598. The number of benzene rings is 12. The van der Waals surface area contributed by atoms with Crippen LogP contribution in [0.15, 0.2) is 294 Å². The zero-order chi connectivity index (χ0) is 60.5. The lowest BCUT2D eigenvalue weighted by Crippen LogP contribution is -1.89. The molecule has 87 heavy (non-hydrogen) atoms. The van der Waals surface area contributed by atoms with Crippen LogP contribution in [-0.4, -0.2) is 45.4 Å². The van der Waals surface area contributed by atoms with Crippen molar-refractivity contribution in [2.75, 3.05) is 17.2 Å². The molecule has 0 saturated heterocycles. The minimum absolute atomic E-state index is 0.0347. The molecule has 0 atom stereocenters. The maximum Gasteiger partial charge on any atom is 0.153 e. The van der Waals surface area contributed by atoms with Crippen molar-refractivity contribution in [1.29, 1.82) is 0 Å². The first-order valence-corrected chi connectivity index (χ1v) is 27.8. The highest BCUT2D eigenvalue weighted by molar-refractivity contribution is 5.89. The number of para-hydroxylation sites is 4. The number of hydrogen-bond donors (Lipinski definition) is 7.